The molecule has 0 unspecified atom stereocenters. The summed E-state index contributed by atoms with van der Waals surface area (Å²) in [5.74, 6) is 0.473. The van der Waals surface area contributed by atoms with Gasteiger partial charge in [0.05, 0.1) is 23.4 Å². The molecule has 1 aromatic carbocycles. The lowest BCUT2D eigenvalue weighted by atomic mass is 9.88. The van der Waals surface area contributed by atoms with Gasteiger partial charge in [-0.3, -0.25) is 4.79 Å². The fraction of sp³-hybridized carbons (Fsp3) is 0.588. The van der Waals surface area contributed by atoms with E-state index in [4.69, 9.17) is 21.1 Å². The van der Waals surface area contributed by atoms with Crippen LogP contribution in [0.25, 0.3) is 0 Å². The zero-order valence-electron chi connectivity index (χ0n) is 14.6. The Morgan fingerprint density at radius 1 is 1.35 bits per heavy atom. The highest BCUT2D eigenvalue weighted by molar-refractivity contribution is 7.89. The summed E-state index contributed by atoms with van der Waals surface area (Å²) in [6, 6.07) is 2.70. The lowest BCUT2D eigenvalue weighted by Crippen LogP contribution is -2.32. The molecule has 9 heteroatoms. The molecular weight excluding hydrogens is 380 g/mol. The van der Waals surface area contributed by atoms with Crippen molar-refractivity contribution in [1.82, 2.24) is 4.72 Å². The average molecular weight is 403 g/mol. The summed E-state index contributed by atoms with van der Waals surface area (Å²) in [6.45, 7) is 2.48. The molecule has 0 radical (unpaired) electrons. The van der Waals surface area contributed by atoms with E-state index in [-0.39, 0.29) is 40.8 Å². The molecule has 7 nitrogen and oxygen atoms in total. The number of carbonyl (C=O) groups is 1. The van der Waals surface area contributed by atoms with E-state index in [2.05, 4.69) is 17.0 Å². The smallest absolute Gasteiger partial charge is 0.262 e. The van der Waals surface area contributed by atoms with Crippen LogP contribution in [0.2, 0.25) is 5.02 Å². The van der Waals surface area contributed by atoms with Gasteiger partial charge in [-0.2, -0.15) is 0 Å². The van der Waals surface area contributed by atoms with Crippen molar-refractivity contribution in [1.29, 1.82) is 0 Å². The van der Waals surface area contributed by atoms with Crippen molar-refractivity contribution in [2.24, 2.45) is 5.92 Å². The van der Waals surface area contributed by atoms with Crippen molar-refractivity contribution in [3.05, 3.63) is 17.2 Å². The molecule has 26 heavy (non-hydrogen) atoms. The standard InChI is InChI=1S/C17H23ClN2O5S/c1-11-4-2-3-5-14(11)24-7-6-19-26(22,23)16-9-15-13(8-12(16)18)20-17(21)10-25-15/h8-9,11,14,19H,2-7,10H2,1H3,(H,20,21)/t11-,14-/m1/s1. The maximum absolute atomic E-state index is 12.5. The molecule has 1 aliphatic carbocycles. The minimum Gasteiger partial charge on any atom is -0.482 e. The fourth-order valence-electron chi connectivity index (χ4n) is 3.28. The highest BCUT2D eigenvalue weighted by Crippen LogP contribution is 2.35. The predicted molar refractivity (Wildman–Crippen MR) is 98.1 cm³/mol. The Morgan fingerprint density at radius 2 is 2.12 bits per heavy atom. The number of sulfonamides is 1. The van der Waals surface area contributed by atoms with Gasteiger partial charge in [0, 0.05) is 12.6 Å². The number of amides is 1. The highest BCUT2D eigenvalue weighted by Gasteiger charge is 2.25. The van der Waals surface area contributed by atoms with Crippen molar-refractivity contribution in [3.8, 4) is 5.75 Å². The third-order valence-corrected chi connectivity index (χ3v) is 6.64. The molecule has 1 amide bonds. The SMILES string of the molecule is C[C@@H]1CCCC[C@H]1OCCNS(=O)(=O)c1cc2c(cc1Cl)NC(=O)CO2. The van der Waals surface area contributed by atoms with E-state index in [1.165, 1.54) is 18.6 Å². The molecule has 1 aromatic rings. The molecule has 2 N–H and O–H groups in total. The highest BCUT2D eigenvalue weighted by atomic mass is 35.5. The predicted octanol–water partition coefficient (Wildman–Crippen LogP) is 2.54. The second-order valence-electron chi connectivity index (χ2n) is 6.68. The molecule has 2 aliphatic rings. The van der Waals surface area contributed by atoms with Gasteiger partial charge in [0.25, 0.3) is 5.91 Å². The molecule has 144 valence electrons. The molecule has 1 fully saturated rings. The first kappa shape index (κ1) is 19.4. The molecular formula is C17H23ClN2O5S. The van der Waals surface area contributed by atoms with Gasteiger partial charge in [-0.1, -0.05) is 31.4 Å². The van der Waals surface area contributed by atoms with E-state index in [1.807, 2.05) is 0 Å². The number of ether oxygens (including phenoxy) is 2. The summed E-state index contributed by atoms with van der Waals surface area (Å²) in [5, 5.41) is 2.61. The van der Waals surface area contributed by atoms with Gasteiger partial charge in [-0.25, -0.2) is 13.1 Å². The van der Waals surface area contributed by atoms with E-state index in [1.54, 1.807) is 0 Å². The number of anilines is 1. The quantitative estimate of drug-likeness (QED) is 0.713. The molecule has 0 spiro atoms. The minimum absolute atomic E-state index is 0.0175. The third kappa shape index (κ3) is 4.49. The summed E-state index contributed by atoms with van der Waals surface area (Å²) in [5.41, 5.74) is 0.361. The van der Waals surface area contributed by atoms with Crippen LogP contribution in [-0.2, 0) is 19.6 Å². The maximum Gasteiger partial charge on any atom is 0.262 e. The summed E-state index contributed by atoms with van der Waals surface area (Å²) in [7, 11) is -3.81. The third-order valence-electron chi connectivity index (χ3n) is 4.72. The normalized spacial score (nSPS) is 23.1. The minimum atomic E-state index is -3.81. The van der Waals surface area contributed by atoms with Crippen molar-refractivity contribution in [3.63, 3.8) is 0 Å². The van der Waals surface area contributed by atoms with Crippen LogP contribution in [-0.4, -0.2) is 40.2 Å². The van der Waals surface area contributed by atoms with Crippen LogP contribution in [0.4, 0.5) is 5.69 Å². The first-order valence-corrected chi connectivity index (χ1v) is 10.6. The number of fused-ring (bicyclic) bond motifs is 1. The maximum atomic E-state index is 12.5. The zero-order chi connectivity index (χ0) is 18.7. The van der Waals surface area contributed by atoms with Crippen LogP contribution in [0, 0.1) is 5.92 Å². The largest absolute Gasteiger partial charge is 0.482 e. The Labute approximate surface area is 158 Å². The zero-order valence-corrected chi connectivity index (χ0v) is 16.2. The summed E-state index contributed by atoms with van der Waals surface area (Å²) < 4.78 is 38.6. The van der Waals surface area contributed by atoms with Crippen molar-refractivity contribution < 1.29 is 22.7 Å². The molecule has 1 aliphatic heterocycles. The monoisotopic (exact) mass is 402 g/mol. The van der Waals surface area contributed by atoms with E-state index in [0.29, 0.717) is 18.2 Å². The van der Waals surface area contributed by atoms with Crippen LogP contribution in [0.5, 0.6) is 5.75 Å². The Kier molecular flexibility index (Phi) is 6.06. The molecule has 0 aromatic heterocycles. The summed E-state index contributed by atoms with van der Waals surface area (Å²) in [6.07, 6.45) is 4.75. The Hall–Kier alpha value is -1.35. The topological polar surface area (TPSA) is 93.7 Å². The first-order valence-electron chi connectivity index (χ1n) is 8.74. The Morgan fingerprint density at radius 3 is 2.88 bits per heavy atom. The van der Waals surface area contributed by atoms with Gasteiger partial charge < -0.3 is 14.8 Å². The second-order valence-corrected chi connectivity index (χ2v) is 8.83. The van der Waals surface area contributed by atoms with Crippen LogP contribution in [0.15, 0.2) is 17.0 Å². The van der Waals surface area contributed by atoms with E-state index in [0.717, 1.165) is 19.3 Å². The summed E-state index contributed by atoms with van der Waals surface area (Å²) >= 11 is 6.09. The van der Waals surface area contributed by atoms with Gasteiger partial charge in [0.15, 0.2) is 6.61 Å². The molecule has 2 atom stereocenters. The molecule has 1 saturated carbocycles. The van der Waals surface area contributed by atoms with Crippen LogP contribution >= 0.6 is 11.6 Å². The Balaban J connectivity index is 1.60. The van der Waals surface area contributed by atoms with Gasteiger partial charge >= 0.3 is 0 Å². The van der Waals surface area contributed by atoms with Crippen LogP contribution < -0.4 is 14.8 Å². The molecule has 0 saturated heterocycles. The van der Waals surface area contributed by atoms with E-state index in [9.17, 15) is 13.2 Å². The van der Waals surface area contributed by atoms with Crippen molar-refractivity contribution in [2.75, 3.05) is 25.1 Å². The lowest BCUT2D eigenvalue weighted by molar-refractivity contribution is -0.118. The van der Waals surface area contributed by atoms with Gasteiger partial charge in [-0.15, -0.1) is 0 Å². The van der Waals surface area contributed by atoms with Crippen LogP contribution in [0.3, 0.4) is 0 Å². The van der Waals surface area contributed by atoms with Crippen molar-refractivity contribution >= 4 is 33.2 Å². The molecule has 1 heterocycles. The van der Waals surface area contributed by atoms with Crippen LogP contribution in [0.1, 0.15) is 32.6 Å². The van der Waals surface area contributed by atoms with E-state index >= 15 is 0 Å². The van der Waals surface area contributed by atoms with Gasteiger partial charge in [0.2, 0.25) is 10.0 Å². The summed E-state index contributed by atoms with van der Waals surface area (Å²) in [4.78, 5) is 11.2. The van der Waals surface area contributed by atoms with E-state index < -0.39 is 10.0 Å². The first-order chi connectivity index (χ1) is 12.4. The number of carbonyl (C=O) groups excluding carboxylic acids is 1. The number of halogens is 1. The number of hydrogen-bond acceptors (Lipinski definition) is 5. The van der Waals surface area contributed by atoms with Gasteiger partial charge in [0.1, 0.15) is 10.6 Å². The number of nitrogens with one attached hydrogen (secondary N) is 2. The lowest BCUT2D eigenvalue weighted by Gasteiger charge is -2.28. The Bertz CT molecular complexity index is 784. The van der Waals surface area contributed by atoms with Gasteiger partial charge in [-0.05, 0) is 24.8 Å². The fourth-order valence-corrected chi connectivity index (χ4v) is 4.84. The number of benzene rings is 1. The number of hydrogen-bond donors (Lipinski definition) is 2. The molecule has 0 bridgehead atoms. The van der Waals surface area contributed by atoms with Crippen molar-refractivity contribution in [2.45, 2.75) is 43.6 Å². The second kappa shape index (κ2) is 8.12. The molecule has 3 rings (SSSR count). The number of rotatable bonds is 6. The average Bonchev–Trinajstić information content (AvgIpc) is 2.59.